The molecule has 0 radical (unpaired) electrons. The number of nitrogens with zero attached hydrogens (tertiary/aromatic N) is 1. The predicted molar refractivity (Wildman–Crippen MR) is 45.6 cm³/mol. The molecule has 0 unspecified atom stereocenters. The average molecular weight is 147 g/mol. The summed E-state index contributed by atoms with van der Waals surface area (Å²) in [6.45, 7) is 2.12. The Balaban J connectivity index is 2.49. The summed E-state index contributed by atoms with van der Waals surface area (Å²) >= 11 is 0. The van der Waals surface area contributed by atoms with Gasteiger partial charge in [0, 0.05) is 11.9 Å². The van der Waals surface area contributed by atoms with E-state index in [4.69, 9.17) is 0 Å². The van der Waals surface area contributed by atoms with Crippen LogP contribution in [0.3, 0.4) is 0 Å². The topological polar surface area (TPSA) is 12.9 Å². The zero-order valence-electron chi connectivity index (χ0n) is 6.93. The molecule has 0 N–H and O–H groups in total. The first-order chi connectivity index (χ1) is 5.38. The van der Waals surface area contributed by atoms with Gasteiger partial charge in [0.2, 0.25) is 0 Å². The lowest BCUT2D eigenvalue weighted by molar-refractivity contribution is 0.677. The second-order valence-corrected chi connectivity index (χ2v) is 3.24. The summed E-state index contributed by atoms with van der Waals surface area (Å²) in [4.78, 5) is 4.29. The Morgan fingerprint density at radius 2 is 2.09 bits per heavy atom. The van der Waals surface area contributed by atoms with Gasteiger partial charge in [-0.1, -0.05) is 0 Å². The monoisotopic (exact) mass is 147 g/mol. The van der Waals surface area contributed by atoms with Crippen LogP contribution in [0.25, 0.3) is 0 Å². The summed E-state index contributed by atoms with van der Waals surface area (Å²) in [5.74, 6) is 0. The van der Waals surface area contributed by atoms with Crippen LogP contribution < -0.4 is 0 Å². The first-order valence-electron chi connectivity index (χ1n) is 4.31. The first-order valence-corrected chi connectivity index (χ1v) is 4.31. The van der Waals surface area contributed by atoms with E-state index in [9.17, 15) is 0 Å². The lowest BCUT2D eigenvalue weighted by atomic mass is 9.91. The molecule has 2 rings (SSSR count). The number of aryl methyl sites for hydroxylation is 2. The molecule has 0 saturated heterocycles. The van der Waals surface area contributed by atoms with Crippen LogP contribution in [0.4, 0.5) is 0 Å². The molecule has 0 aromatic carbocycles. The van der Waals surface area contributed by atoms with Gasteiger partial charge in [-0.05, 0) is 49.8 Å². The summed E-state index contributed by atoms with van der Waals surface area (Å²) in [6, 6.07) is 2.17. The number of pyridine rings is 1. The fourth-order valence-corrected chi connectivity index (χ4v) is 1.84. The Kier molecular flexibility index (Phi) is 1.65. The van der Waals surface area contributed by atoms with E-state index >= 15 is 0 Å². The number of fused-ring (bicyclic) bond motifs is 1. The number of rotatable bonds is 0. The summed E-state index contributed by atoms with van der Waals surface area (Å²) < 4.78 is 0. The van der Waals surface area contributed by atoms with Crippen molar-refractivity contribution in [3.05, 3.63) is 29.1 Å². The summed E-state index contributed by atoms with van der Waals surface area (Å²) in [5, 5.41) is 0. The number of aromatic nitrogens is 1. The van der Waals surface area contributed by atoms with Gasteiger partial charge in [-0.2, -0.15) is 0 Å². The van der Waals surface area contributed by atoms with E-state index < -0.39 is 0 Å². The van der Waals surface area contributed by atoms with E-state index in [1.54, 1.807) is 0 Å². The maximum Gasteiger partial charge on any atom is 0.0407 e. The predicted octanol–water partition coefficient (Wildman–Crippen LogP) is 2.27. The van der Waals surface area contributed by atoms with E-state index in [2.05, 4.69) is 18.0 Å². The van der Waals surface area contributed by atoms with Gasteiger partial charge in [-0.25, -0.2) is 0 Å². The number of hydrogen-bond donors (Lipinski definition) is 0. The highest BCUT2D eigenvalue weighted by atomic mass is 14.7. The van der Waals surface area contributed by atoms with Gasteiger partial charge in [0.1, 0.15) is 0 Å². The molecule has 1 heteroatoms. The van der Waals surface area contributed by atoms with Crippen LogP contribution in [0, 0.1) is 6.92 Å². The molecule has 0 atom stereocenters. The van der Waals surface area contributed by atoms with Gasteiger partial charge in [-0.15, -0.1) is 0 Å². The largest absolute Gasteiger partial charge is 0.261 e. The molecule has 0 saturated carbocycles. The van der Waals surface area contributed by atoms with Crippen LogP contribution >= 0.6 is 0 Å². The summed E-state index contributed by atoms with van der Waals surface area (Å²) in [5.41, 5.74) is 4.28. The average Bonchev–Trinajstić information content (AvgIpc) is 2.06. The highest BCUT2D eigenvalue weighted by Crippen LogP contribution is 2.21. The van der Waals surface area contributed by atoms with Crippen molar-refractivity contribution in [3.8, 4) is 0 Å². The van der Waals surface area contributed by atoms with E-state index in [1.807, 2.05) is 6.20 Å². The van der Waals surface area contributed by atoms with E-state index in [1.165, 1.54) is 42.5 Å². The molecule has 58 valence electrons. The molecule has 1 nitrogen and oxygen atoms in total. The van der Waals surface area contributed by atoms with Crippen molar-refractivity contribution in [2.24, 2.45) is 0 Å². The third-order valence-corrected chi connectivity index (χ3v) is 2.49. The Morgan fingerprint density at radius 1 is 1.27 bits per heavy atom. The van der Waals surface area contributed by atoms with Crippen LogP contribution in [-0.2, 0) is 12.8 Å². The molecule has 0 aliphatic heterocycles. The van der Waals surface area contributed by atoms with E-state index in [-0.39, 0.29) is 0 Å². The van der Waals surface area contributed by atoms with Crippen LogP contribution in [0.5, 0.6) is 0 Å². The van der Waals surface area contributed by atoms with Gasteiger partial charge in [0.25, 0.3) is 0 Å². The minimum absolute atomic E-state index is 1.24. The minimum Gasteiger partial charge on any atom is -0.261 e. The zero-order chi connectivity index (χ0) is 7.68. The summed E-state index contributed by atoms with van der Waals surface area (Å²) in [7, 11) is 0. The van der Waals surface area contributed by atoms with Crippen molar-refractivity contribution in [2.75, 3.05) is 0 Å². The number of hydrogen-bond acceptors (Lipinski definition) is 1. The highest BCUT2D eigenvalue weighted by Gasteiger charge is 2.10. The molecule has 0 spiro atoms. The fourth-order valence-electron chi connectivity index (χ4n) is 1.84. The van der Waals surface area contributed by atoms with Crippen molar-refractivity contribution < 1.29 is 0 Å². The molecule has 11 heavy (non-hydrogen) atoms. The van der Waals surface area contributed by atoms with Crippen molar-refractivity contribution in [2.45, 2.75) is 32.6 Å². The highest BCUT2D eigenvalue weighted by molar-refractivity contribution is 5.31. The Hall–Kier alpha value is -0.850. The third kappa shape index (κ3) is 1.15. The molecule has 0 fully saturated rings. The normalized spacial score (nSPS) is 16.1. The minimum atomic E-state index is 1.24. The van der Waals surface area contributed by atoms with E-state index in [0.29, 0.717) is 0 Å². The zero-order valence-corrected chi connectivity index (χ0v) is 6.93. The molecule has 1 heterocycles. The molecule has 0 bridgehead atoms. The van der Waals surface area contributed by atoms with Gasteiger partial charge < -0.3 is 0 Å². The molecule has 1 aromatic rings. The van der Waals surface area contributed by atoms with Crippen LogP contribution in [0.2, 0.25) is 0 Å². The van der Waals surface area contributed by atoms with Crippen LogP contribution in [0.15, 0.2) is 12.3 Å². The second-order valence-electron chi connectivity index (χ2n) is 3.24. The van der Waals surface area contributed by atoms with Crippen molar-refractivity contribution >= 4 is 0 Å². The lowest BCUT2D eigenvalue weighted by Crippen LogP contribution is -2.05. The van der Waals surface area contributed by atoms with Crippen LogP contribution in [0.1, 0.15) is 29.7 Å². The standard InChI is InChI=1S/C10H13N/c1-8-10-5-3-2-4-9(10)6-7-11-8/h6-7H,2-5H2,1H3. The van der Waals surface area contributed by atoms with Crippen LogP contribution in [-0.4, -0.2) is 4.98 Å². The molecule has 1 aliphatic carbocycles. The molecule has 0 amide bonds. The van der Waals surface area contributed by atoms with Gasteiger partial charge in [-0.3, -0.25) is 4.98 Å². The maximum absolute atomic E-state index is 4.29. The van der Waals surface area contributed by atoms with Crippen molar-refractivity contribution in [3.63, 3.8) is 0 Å². The molecular weight excluding hydrogens is 134 g/mol. The molecule has 1 aromatic heterocycles. The van der Waals surface area contributed by atoms with Gasteiger partial charge in [0.05, 0.1) is 0 Å². The Morgan fingerprint density at radius 3 is 2.91 bits per heavy atom. The first kappa shape index (κ1) is 6.84. The smallest absolute Gasteiger partial charge is 0.0407 e. The van der Waals surface area contributed by atoms with Gasteiger partial charge in [0.15, 0.2) is 0 Å². The van der Waals surface area contributed by atoms with Crippen molar-refractivity contribution in [1.29, 1.82) is 0 Å². The third-order valence-electron chi connectivity index (χ3n) is 2.49. The SMILES string of the molecule is Cc1nccc2c1CCCC2. The summed E-state index contributed by atoms with van der Waals surface area (Å²) in [6.07, 6.45) is 7.14. The van der Waals surface area contributed by atoms with Gasteiger partial charge >= 0.3 is 0 Å². The molecule has 1 aliphatic rings. The van der Waals surface area contributed by atoms with E-state index in [0.717, 1.165) is 0 Å². The Labute approximate surface area is 67.5 Å². The Bertz CT molecular complexity index is 266. The maximum atomic E-state index is 4.29. The quantitative estimate of drug-likeness (QED) is 0.548. The lowest BCUT2D eigenvalue weighted by Gasteiger charge is -2.16. The fraction of sp³-hybridized carbons (Fsp3) is 0.500. The molecular formula is C10H13N. The van der Waals surface area contributed by atoms with Crippen molar-refractivity contribution in [1.82, 2.24) is 4.98 Å². The second kappa shape index (κ2) is 2.65.